The standard InChI is InChI=1S/C57H90O23/c1-24(2)19-35(61)72-23-57-29(20-52(6,7)47(46(57)69)75-27(5)60)28-13-14-32-54(10)17-16-33(53(8,9)31(54)15-18-55(32,11)56(28,12)21-34(57)74-26(4)59)77-51-44(79-50-41(67)39(65)37(63)30(22-58)76-50)42(68)43(45(80-51)48(70)71)78-49-40(66)38(64)36(62)25(3)73-49/h13,24-25,29-34,36-47,49-51,58,62-69H,14-23H2,1-12H3,(H,70,71). The Kier molecular flexibility index (Phi) is 18.0. The molecule has 80 heavy (non-hydrogen) atoms. The highest BCUT2D eigenvalue weighted by Crippen LogP contribution is 2.76. The molecular weight excluding hydrogens is 1050 g/mol. The SMILES string of the molecule is CC(=O)OC1C(O)C2(COC(=O)CC(C)C)C(OC(C)=O)CC3(C)C(=CCC4C5(C)CCC(OC6OC(C(=O)O)C(OC7OC(C)C(O)C(O)C7O)C(O)C6OC6OC(CO)C(O)C(O)C6O)C(C)(C)C5CCC43C)C2CC1(C)C. The quantitative estimate of drug-likeness (QED) is 0.0508. The fourth-order valence-corrected chi connectivity index (χ4v) is 16.6. The van der Waals surface area contributed by atoms with Gasteiger partial charge in [0, 0.05) is 25.7 Å². The Morgan fingerprint density at radius 2 is 1.30 bits per heavy atom. The summed E-state index contributed by atoms with van der Waals surface area (Å²) in [5.41, 5.74) is -3.33. The van der Waals surface area contributed by atoms with Crippen LogP contribution in [0.3, 0.4) is 0 Å². The van der Waals surface area contributed by atoms with E-state index >= 15 is 0 Å². The predicted molar refractivity (Wildman–Crippen MR) is 276 cm³/mol. The molecule has 5 aliphatic carbocycles. The topological polar surface area (TPSA) is 354 Å². The number of carbonyl (C=O) groups is 4. The van der Waals surface area contributed by atoms with Crippen LogP contribution in [0.2, 0.25) is 0 Å². The van der Waals surface area contributed by atoms with Crippen LogP contribution in [0, 0.1) is 56.2 Å². The van der Waals surface area contributed by atoms with E-state index < -0.39 is 185 Å². The lowest BCUT2D eigenvalue weighted by molar-refractivity contribution is -0.390. The molecule has 0 radical (unpaired) electrons. The Morgan fingerprint density at radius 1 is 0.688 bits per heavy atom. The second-order valence-corrected chi connectivity index (χ2v) is 27.0. The zero-order valence-electron chi connectivity index (χ0n) is 48.2. The summed E-state index contributed by atoms with van der Waals surface area (Å²) in [5.74, 6) is -3.82. The molecule has 0 spiro atoms. The third-order valence-electron chi connectivity index (χ3n) is 21.0. The molecule has 0 aromatic carbocycles. The molecule has 23 nitrogen and oxygen atoms in total. The van der Waals surface area contributed by atoms with Gasteiger partial charge in [-0.15, -0.1) is 0 Å². The summed E-state index contributed by atoms with van der Waals surface area (Å²) in [5, 5.41) is 110. The van der Waals surface area contributed by atoms with Crippen molar-refractivity contribution < 1.29 is 113 Å². The third-order valence-corrected chi connectivity index (χ3v) is 21.0. The van der Waals surface area contributed by atoms with Gasteiger partial charge in [-0.05, 0) is 97.2 Å². The lowest BCUT2D eigenvalue weighted by Gasteiger charge is -2.72. The van der Waals surface area contributed by atoms with E-state index in [2.05, 4.69) is 40.7 Å². The van der Waals surface area contributed by atoms with Crippen LogP contribution < -0.4 is 0 Å². The van der Waals surface area contributed by atoms with E-state index in [-0.39, 0.29) is 37.2 Å². The molecule has 8 aliphatic rings. The molecule has 0 aromatic heterocycles. The third kappa shape index (κ3) is 10.6. The number of carboxylic acid groups (broad SMARTS) is 1. The number of aliphatic hydroxyl groups excluding tert-OH is 9. The van der Waals surface area contributed by atoms with Gasteiger partial charge < -0.3 is 93.7 Å². The minimum absolute atomic E-state index is 0.0106. The fraction of sp³-hybridized carbons (Fsp3) is 0.895. The second kappa shape index (κ2) is 22.8. The van der Waals surface area contributed by atoms with Crippen molar-refractivity contribution in [2.75, 3.05) is 13.2 Å². The molecule has 10 N–H and O–H groups in total. The van der Waals surface area contributed by atoms with Gasteiger partial charge in [-0.25, -0.2) is 4.79 Å². The van der Waals surface area contributed by atoms with Gasteiger partial charge in [0.2, 0.25) is 0 Å². The summed E-state index contributed by atoms with van der Waals surface area (Å²) in [6.07, 6.45) is -24.9. The Labute approximate surface area is 467 Å². The van der Waals surface area contributed by atoms with Crippen molar-refractivity contribution in [3.63, 3.8) is 0 Å². The predicted octanol–water partition coefficient (Wildman–Crippen LogP) is 1.38. The van der Waals surface area contributed by atoms with E-state index in [1.165, 1.54) is 20.8 Å². The van der Waals surface area contributed by atoms with E-state index in [1.807, 2.05) is 27.7 Å². The normalized spacial score (nSPS) is 48.7. The van der Waals surface area contributed by atoms with Crippen LogP contribution in [0.25, 0.3) is 0 Å². The Hall–Kier alpha value is -2.98. The molecule has 8 rings (SSSR count). The lowest BCUT2D eigenvalue weighted by atomic mass is 9.33. The van der Waals surface area contributed by atoms with Crippen molar-refractivity contribution in [1.29, 1.82) is 0 Å². The summed E-state index contributed by atoms with van der Waals surface area (Å²) >= 11 is 0. The zero-order chi connectivity index (χ0) is 59.3. The number of aliphatic hydroxyl groups is 9. The number of esters is 3. The van der Waals surface area contributed by atoms with Gasteiger partial charge in [0.15, 0.2) is 25.0 Å². The monoisotopic (exact) mass is 1140 g/mol. The number of hydrogen-bond donors (Lipinski definition) is 10. The highest BCUT2D eigenvalue weighted by molar-refractivity contribution is 5.73. The molecule has 26 atom stereocenters. The number of carbonyl (C=O) groups excluding carboxylic acids is 3. The van der Waals surface area contributed by atoms with E-state index in [0.717, 1.165) is 5.57 Å². The zero-order valence-corrected chi connectivity index (χ0v) is 48.2. The molecule has 4 saturated carbocycles. The van der Waals surface area contributed by atoms with Gasteiger partial charge in [-0.2, -0.15) is 0 Å². The van der Waals surface area contributed by atoms with Gasteiger partial charge in [-0.1, -0.05) is 74.0 Å². The van der Waals surface area contributed by atoms with E-state index in [1.54, 1.807) is 0 Å². The molecule has 3 heterocycles. The molecule has 3 saturated heterocycles. The van der Waals surface area contributed by atoms with Crippen LogP contribution in [0.5, 0.6) is 0 Å². The van der Waals surface area contributed by atoms with Gasteiger partial charge in [-0.3, -0.25) is 14.4 Å². The van der Waals surface area contributed by atoms with Crippen LogP contribution in [0.4, 0.5) is 0 Å². The van der Waals surface area contributed by atoms with Gasteiger partial charge in [0.25, 0.3) is 0 Å². The maximum atomic E-state index is 13.4. The number of aliphatic carboxylic acids is 1. The second-order valence-electron chi connectivity index (χ2n) is 27.0. The summed E-state index contributed by atoms with van der Waals surface area (Å²) in [6, 6.07) is 0. The van der Waals surface area contributed by atoms with Crippen molar-refractivity contribution in [1.82, 2.24) is 0 Å². The minimum Gasteiger partial charge on any atom is -0.479 e. The largest absolute Gasteiger partial charge is 0.479 e. The first-order valence-electron chi connectivity index (χ1n) is 28.5. The van der Waals surface area contributed by atoms with E-state index in [0.29, 0.717) is 38.5 Å². The van der Waals surface area contributed by atoms with Crippen molar-refractivity contribution in [2.24, 2.45) is 56.2 Å². The molecule has 3 aliphatic heterocycles. The van der Waals surface area contributed by atoms with Crippen LogP contribution in [-0.4, -0.2) is 205 Å². The number of rotatable bonds is 14. The van der Waals surface area contributed by atoms with Crippen LogP contribution >= 0.6 is 0 Å². The highest BCUT2D eigenvalue weighted by Gasteiger charge is 2.74. The lowest BCUT2D eigenvalue weighted by Crippen LogP contribution is -2.72. The first-order valence-corrected chi connectivity index (χ1v) is 28.5. The molecule has 26 unspecified atom stereocenters. The maximum Gasteiger partial charge on any atom is 0.335 e. The first kappa shape index (κ1) is 63.1. The molecule has 456 valence electrons. The Bertz CT molecular complexity index is 2310. The van der Waals surface area contributed by atoms with Crippen LogP contribution in [0.1, 0.15) is 134 Å². The number of carboxylic acids is 1. The average molecular weight is 1140 g/mol. The fourth-order valence-electron chi connectivity index (χ4n) is 16.6. The minimum atomic E-state index is -2.06. The molecule has 7 fully saturated rings. The molecule has 0 bridgehead atoms. The van der Waals surface area contributed by atoms with Crippen LogP contribution in [-0.2, 0) is 61.8 Å². The molecule has 23 heteroatoms. The number of allylic oxidation sites excluding steroid dienone is 2. The van der Waals surface area contributed by atoms with Crippen molar-refractivity contribution >= 4 is 23.9 Å². The number of ether oxygens (including phenoxy) is 9. The summed E-state index contributed by atoms with van der Waals surface area (Å²) in [4.78, 5) is 52.6. The molecule has 0 aromatic rings. The highest BCUT2D eigenvalue weighted by atomic mass is 16.8. The van der Waals surface area contributed by atoms with Crippen molar-refractivity contribution in [2.45, 2.75) is 251 Å². The number of fused-ring (bicyclic) bond motifs is 7. The summed E-state index contributed by atoms with van der Waals surface area (Å²) < 4.78 is 54.8. The van der Waals surface area contributed by atoms with Gasteiger partial charge in [0.05, 0.1) is 24.2 Å². The van der Waals surface area contributed by atoms with Crippen molar-refractivity contribution in [3.05, 3.63) is 11.6 Å². The van der Waals surface area contributed by atoms with Crippen molar-refractivity contribution in [3.8, 4) is 0 Å². The Morgan fingerprint density at radius 3 is 1.90 bits per heavy atom. The van der Waals surface area contributed by atoms with E-state index in [4.69, 9.17) is 42.6 Å². The average Bonchev–Trinajstić information content (AvgIpc) is 3.56. The first-order chi connectivity index (χ1) is 37.1. The van der Waals surface area contributed by atoms with E-state index in [9.17, 15) is 70.2 Å². The smallest absolute Gasteiger partial charge is 0.335 e. The van der Waals surface area contributed by atoms with Gasteiger partial charge >= 0.3 is 23.9 Å². The maximum absolute atomic E-state index is 13.4. The molecule has 0 amide bonds. The summed E-state index contributed by atoms with van der Waals surface area (Å²) in [7, 11) is 0. The Balaban J connectivity index is 1.12. The summed E-state index contributed by atoms with van der Waals surface area (Å²) in [6.45, 7) is 21.5. The van der Waals surface area contributed by atoms with Crippen LogP contribution in [0.15, 0.2) is 11.6 Å². The molecular formula is C57H90O23. The number of hydrogen-bond acceptors (Lipinski definition) is 22. The van der Waals surface area contributed by atoms with Gasteiger partial charge in [0.1, 0.15) is 86.0 Å².